The van der Waals surface area contributed by atoms with Crippen molar-refractivity contribution in [3.8, 4) is 0 Å². The molecule has 0 aliphatic heterocycles. The van der Waals surface area contributed by atoms with Crippen LogP contribution in [0.5, 0.6) is 0 Å². The molecule has 5 heteroatoms. The Hall–Kier alpha value is -0.300. The molecule has 0 aliphatic carbocycles. The fourth-order valence-corrected chi connectivity index (χ4v) is 2.13. The van der Waals surface area contributed by atoms with E-state index in [1.807, 2.05) is 0 Å². The van der Waals surface area contributed by atoms with Gasteiger partial charge >= 0.3 is 0 Å². The van der Waals surface area contributed by atoms with Crippen LogP contribution in [0.2, 0.25) is 0 Å². The standard InChI is InChI=1S/C12H21N3S.HI/c1-4-7-14-12(13-5-2)15-9-11-10(3)6-8-16-11;/h6,8H,4-5,7,9H2,1-3H3,(H2,13,14,15);1H. The fraction of sp³-hybridized carbons (Fsp3) is 0.583. The van der Waals surface area contributed by atoms with Gasteiger partial charge in [-0.1, -0.05) is 6.92 Å². The van der Waals surface area contributed by atoms with Crippen molar-refractivity contribution < 1.29 is 0 Å². The number of aryl methyl sites for hydroxylation is 1. The Bertz CT molecular complexity index is 336. The maximum Gasteiger partial charge on any atom is 0.191 e. The van der Waals surface area contributed by atoms with E-state index in [1.54, 1.807) is 11.3 Å². The summed E-state index contributed by atoms with van der Waals surface area (Å²) in [5.74, 6) is 0.914. The second-order valence-corrected chi connectivity index (χ2v) is 4.65. The maximum atomic E-state index is 4.56. The average Bonchev–Trinajstić information content (AvgIpc) is 2.68. The van der Waals surface area contributed by atoms with Crippen molar-refractivity contribution in [2.45, 2.75) is 33.7 Å². The number of rotatable bonds is 5. The molecule has 0 amide bonds. The minimum atomic E-state index is 0. The number of thiophene rings is 1. The SMILES string of the molecule is CCCNC(=NCc1sccc1C)NCC.I. The highest BCUT2D eigenvalue weighted by atomic mass is 127. The topological polar surface area (TPSA) is 36.4 Å². The van der Waals surface area contributed by atoms with Crippen LogP contribution in [-0.2, 0) is 6.54 Å². The van der Waals surface area contributed by atoms with Gasteiger partial charge in [0.1, 0.15) is 0 Å². The van der Waals surface area contributed by atoms with Gasteiger partial charge in [-0.05, 0) is 37.3 Å². The number of nitrogens with one attached hydrogen (secondary N) is 2. The Labute approximate surface area is 125 Å². The normalized spacial score (nSPS) is 10.9. The highest BCUT2D eigenvalue weighted by molar-refractivity contribution is 14.0. The lowest BCUT2D eigenvalue weighted by molar-refractivity contribution is 0.786. The molecule has 0 atom stereocenters. The summed E-state index contributed by atoms with van der Waals surface area (Å²) in [6, 6.07) is 2.14. The molecular formula is C12H22IN3S. The van der Waals surface area contributed by atoms with Crippen LogP contribution in [-0.4, -0.2) is 19.0 Å². The molecule has 0 saturated carbocycles. The summed E-state index contributed by atoms with van der Waals surface area (Å²) < 4.78 is 0. The van der Waals surface area contributed by atoms with E-state index in [2.05, 4.69) is 47.8 Å². The van der Waals surface area contributed by atoms with Crippen molar-refractivity contribution in [3.63, 3.8) is 0 Å². The molecule has 0 saturated heterocycles. The number of hydrogen-bond donors (Lipinski definition) is 2. The van der Waals surface area contributed by atoms with Crippen molar-refractivity contribution in [2.24, 2.45) is 4.99 Å². The van der Waals surface area contributed by atoms with Crippen LogP contribution in [0.3, 0.4) is 0 Å². The van der Waals surface area contributed by atoms with Gasteiger partial charge in [0.15, 0.2) is 5.96 Å². The lowest BCUT2D eigenvalue weighted by Crippen LogP contribution is -2.37. The van der Waals surface area contributed by atoms with Gasteiger partial charge in [-0.2, -0.15) is 0 Å². The molecule has 3 nitrogen and oxygen atoms in total. The zero-order chi connectivity index (χ0) is 11.8. The van der Waals surface area contributed by atoms with E-state index in [0.717, 1.165) is 32.0 Å². The molecule has 0 aromatic carbocycles. The second kappa shape index (κ2) is 9.70. The van der Waals surface area contributed by atoms with Crippen LogP contribution < -0.4 is 10.6 Å². The first-order chi connectivity index (χ1) is 7.77. The zero-order valence-electron chi connectivity index (χ0n) is 10.7. The van der Waals surface area contributed by atoms with Gasteiger partial charge in [0.2, 0.25) is 0 Å². The molecule has 0 radical (unpaired) electrons. The van der Waals surface area contributed by atoms with Crippen LogP contribution in [0.4, 0.5) is 0 Å². The predicted molar refractivity (Wildman–Crippen MR) is 87.6 cm³/mol. The lowest BCUT2D eigenvalue weighted by Gasteiger charge is -2.09. The minimum Gasteiger partial charge on any atom is -0.357 e. The summed E-state index contributed by atoms with van der Waals surface area (Å²) in [7, 11) is 0. The lowest BCUT2D eigenvalue weighted by atomic mass is 10.3. The summed E-state index contributed by atoms with van der Waals surface area (Å²) >= 11 is 1.77. The van der Waals surface area contributed by atoms with Crippen molar-refractivity contribution >= 4 is 41.3 Å². The Morgan fingerprint density at radius 1 is 1.35 bits per heavy atom. The van der Waals surface area contributed by atoms with Gasteiger partial charge in [-0.15, -0.1) is 35.3 Å². The third kappa shape index (κ3) is 6.26. The number of halogens is 1. The van der Waals surface area contributed by atoms with Gasteiger partial charge in [0, 0.05) is 18.0 Å². The number of nitrogens with zero attached hydrogens (tertiary/aromatic N) is 1. The highest BCUT2D eigenvalue weighted by Gasteiger charge is 2.00. The monoisotopic (exact) mass is 367 g/mol. The summed E-state index contributed by atoms with van der Waals surface area (Å²) in [6.07, 6.45) is 1.11. The number of hydrogen-bond acceptors (Lipinski definition) is 2. The minimum absolute atomic E-state index is 0. The van der Waals surface area contributed by atoms with Crippen molar-refractivity contribution in [2.75, 3.05) is 13.1 Å². The van der Waals surface area contributed by atoms with Crippen LogP contribution in [0.25, 0.3) is 0 Å². The first kappa shape index (κ1) is 16.7. The molecule has 0 unspecified atom stereocenters. The molecule has 0 fully saturated rings. The van der Waals surface area contributed by atoms with E-state index in [-0.39, 0.29) is 24.0 Å². The largest absolute Gasteiger partial charge is 0.357 e. The fourth-order valence-electron chi connectivity index (χ4n) is 1.30. The Morgan fingerprint density at radius 3 is 2.65 bits per heavy atom. The van der Waals surface area contributed by atoms with Crippen LogP contribution in [0, 0.1) is 6.92 Å². The summed E-state index contributed by atoms with van der Waals surface area (Å²) in [5, 5.41) is 8.66. The van der Waals surface area contributed by atoms with Crippen LogP contribution in [0.1, 0.15) is 30.7 Å². The average molecular weight is 367 g/mol. The third-order valence-electron chi connectivity index (χ3n) is 2.24. The first-order valence-corrected chi connectivity index (χ1v) is 6.71. The molecule has 1 aromatic rings. The summed E-state index contributed by atoms with van der Waals surface area (Å²) in [6.45, 7) is 9.00. The highest BCUT2D eigenvalue weighted by Crippen LogP contribution is 2.16. The molecule has 17 heavy (non-hydrogen) atoms. The van der Waals surface area contributed by atoms with Crippen molar-refractivity contribution in [3.05, 3.63) is 21.9 Å². The zero-order valence-corrected chi connectivity index (χ0v) is 13.9. The van der Waals surface area contributed by atoms with Gasteiger partial charge in [0.25, 0.3) is 0 Å². The van der Waals surface area contributed by atoms with Gasteiger partial charge in [-0.25, -0.2) is 4.99 Å². The molecule has 2 N–H and O–H groups in total. The van der Waals surface area contributed by atoms with E-state index in [9.17, 15) is 0 Å². The molecule has 0 spiro atoms. The first-order valence-electron chi connectivity index (χ1n) is 5.83. The molecule has 98 valence electrons. The predicted octanol–water partition coefficient (Wildman–Crippen LogP) is 3.14. The summed E-state index contributed by atoms with van der Waals surface area (Å²) in [4.78, 5) is 5.90. The van der Waals surface area contributed by atoms with Crippen LogP contribution in [0.15, 0.2) is 16.4 Å². The number of guanidine groups is 1. The van der Waals surface area contributed by atoms with Gasteiger partial charge in [0.05, 0.1) is 6.54 Å². The third-order valence-corrected chi connectivity index (χ3v) is 3.24. The second-order valence-electron chi connectivity index (χ2n) is 3.65. The van der Waals surface area contributed by atoms with Crippen molar-refractivity contribution in [1.29, 1.82) is 0 Å². The summed E-state index contributed by atoms with van der Waals surface area (Å²) in [5.41, 5.74) is 1.33. The maximum absolute atomic E-state index is 4.56. The van der Waals surface area contributed by atoms with Gasteiger partial charge in [-0.3, -0.25) is 0 Å². The van der Waals surface area contributed by atoms with Gasteiger partial charge < -0.3 is 10.6 Å². The van der Waals surface area contributed by atoms with E-state index in [4.69, 9.17) is 0 Å². The Balaban J connectivity index is 0.00000256. The van der Waals surface area contributed by atoms with Crippen LogP contribution >= 0.6 is 35.3 Å². The Morgan fingerprint density at radius 2 is 2.12 bits per heavy atom. The Kier molecular flexibility index (Phi) is 9.53. The van der Waals surface area contributed by atoms with E-state index in [1.165, 1.54) is 10.4 Å². The van der Waals surface area contributed by atoms with E-state index < -0.39 is 0 Å². The molecule has 0 bridgehead atoms. The quantitative estimate of drug-likeness (QED) is 0.477. The van der Waals surface area contributed by atoms with Crippen molar-refractivity contribution in [1.82, 2.24) is 10.6 Å². The number of aliphatic imine (C=N–C) groups is 1. The molecule has 0 aliphatic rings. The molecule has 1 aromatic heterocycles. The van der Waals surface area contributed by atoms with E-state index in [0.29, 0.717) is 0 Å². The van der Waals surface area contributed by atoms with E-state index >= 15 is 0 Å². The molecule has 1 heterocycles. The smallest absolute Gasteiger partial charge is 0.191 e. The molecular weight excluding hydrogens is 345 g/mol. The molecule has 1 rings (SSSR count).